The Balaban J connectivity index is 1.42. The molecule has 4 rings (SSSR count). The molecule has 2 bridgehead atoms. The summed E-state index contributed by atoms with van der Waals surface area (Å²) in [7, 11) is 0. The molecule has 132 valence electrons. The van der Waals surface area contributed by atoms with Gasteiger partial charge in [0.15, 0.2) is 6.10 Å². The molecular weight excluding hydrogens is 324 g/mol. The van der Waals surface area contributed by atoms with Gasteiger partial charge in [-0.2, -0.15) is 5.01 Å². The van der Waals surface area contributed by atoms with Gasteiger partial charge in [-0.3, -0.25) is 19.8 Å². The molecule has 3 aliphatic rings. The lowest BCUT2D eigenvalue weighted by molar-refractivity contribution is -0.153. The number of nitrogens with zero attached hydrogens (tertiary/aromatic N) is 1. The van der Waals surface area contributed by atoms with E-state index in [2.05, 4.69) is 5.43 Å². The molecule has 1 N–H and O–H groups in total. The predicted molar refractivity (Wildman–Crippen MR) is 86.1 cm³/mol. The fourth-order valence-corrected chi connectivity index (χ4v) is 3.97. The number of carbonyl (C=O) groups is 3. The number of hydrazine groups is 1. The maximum absolute atomic E-state index is 12.5. The molecule has 0 spiro atoms. The van der Waals surface area contributed by atoms with Gasteiger partial charge in [-0.25, -0.2) is 0 Å². The highest BCUT2D eigenvalue weighted by Crippen LogP contribution is 2.48. The van der Waals surface area contributed by atoms with Crippen LogP contribution in [0.15, 0.2) is 24.3 Å². The standard InChI is InChI=1S/C18H20N2O5/c1-9-4-3-5-11(8-9)24-10(2)16(21)19-20-17(22)14-12-6-7-13(25-12)15(14)18(20)23/h3-5,8,10,12-15H,6-7H2,1-2H3,(H,19,21)/t10-,12-,13+,14+,15-/m1/s1. The Kier molecular flexibility index (Phi) is 3.76. The number of imide groups is 1. The van der Waals surface area contributed by atoms with Gasteiger partial charge in [0.05, 0.1) is 24.0 Å². The van der Waals surface area contributed by atoms with Crippen LogP contribution < -0.4 is 10.2 Å². The number of aryl methyl sites for hydroxylation is 1. The first-order valence-electron chi connectivity index (χ1n) is 8.53. The SMILES string of the molecule is Cc1cccc(O[C@H](C)C(=O)NN2C(=O)[C@@H]3[C@H](C2=O)[C@@H]2CC[C@H]3O2)c1. The number of hydrogen-bond acceptors (Lipinski definition) is 5. The number of fused-ring (bicyclic) bond motifs is 5. The molecule has 0 aromatic heterocycles. The molecule has 3 amide bonds. The molecule has 5 atom stereocenters. The minimum atomic E-state index is -0.837. The first kappa shape index (κ1) is 16.1. The number of amides is 3. The Morgan fingerprint density at radius 3 is 2.48 bits per heavy atom. The molecule has 1 aromatic carbocycles. The van der Waals surface area contributed by atoms with Crippen molar-refractivity contribution in [2.24, 2.45) is 11.8 Å². The summed E-state index contributed by atoms with van der Waals surface area (Å²) in [6, 6.07) is 7.33. The van der Waals surface area contributed by atoms with E-state index >= 15 is 0 Å². The van der Waals surface area contributed by atoms with E-state index in [4.69, 9.17) is 9.47 Å². The van der Waals surface area contributed by atoms with Crippen LogP contribution in [0.25, 0.3) is 0 Å². The largest absolute Gasteiger partial charge is 0.481 e. The van der Waals surface area contributed by atoms with Crippen molar-refractivity contribution in [3.05, 3.63) is 29.8 Å². The lowest BCUT2D eigenvalue weighted by Gasteiger charge is -2.21. The minimum Gasteiger partial charge on any atom is -0.481 e. The van der Waals surface area contributed by atoms with Gasteiger partial charge >= 0.3 is 0 Å². The van der Waals surface area contributed by atoms with Crippen molar-refractivity contribution < 1.29 is 23.9 Å². The Hall–Kier alpha value is -2.41. The first-order valence-corrected chi connectivity index (χ1v) is 8.53. The molecule has 0 aliphatic carbocycles. The second-order valence-corrected chi connectivity index (χ2v) is 6.91. The van der Waals surface area contributed by atoms with Gasteiger partial charge in [0.2, 0.25) is 0 Å². The summed E-state index contributed by atoms with van der Waals surface area (Å²) in [6.07, 6.45) is 0.346. The zero-order valence-electron chi connectivity index (χ0n) is 14.1. The van der Waals surface area contributed by atoms with Crippen LogP contribution in [0, 0.1) is 18.8 Å². The Morgan fingerprint density at radius 2 is 1.88 bits per heavy atom. The second kappa shape index (κ2) is 5.84. The first-order chi connectivity index (χ1) is 12.0. The lowest BCUT2D eigenvalue weighted by Crippen LogP contribution is -2.51. The molecular formula is C18H20N2O5. The number of hydrogen-bond donors (Lipinski definition) is 1. The summed E-state index contributed by atoms with van der Waals surface area (Å²) in [6.45, 7) is 3.50. The van der Waals surface area contributed by atoms with Gasteiger partial charge in [0.25, 0.3) is 17.7 Å². The quantitative estimate of drug-likeness (QED) is 0.822. The van der Waals surface area contributed by atoms with Crippen LogP contribution in [0.2, 0.25) is 0 Å². The topological polar surface area (TPSA) is 84.9 Å². The molecule has 0 saturated carbocycles. The molecule has 3 heterocycles. The van der Waals surface area contributed by atoms with Gasteiger partial charge in [0.1, 0.15) is 5.75 Å². The van der Waals surface area contributed by atoms with Crippen molar-refractivity contribution in [1.29, 1.82) is 0 Å². The summed E-state index contributed by atoms with van der Waals surface area (Å²) in [4.78, 5) is 37.4. The maximum Gasteiger partial charge on any atom is 0.279 e. The van der Waals surface area contributed by atoms with Crippen LogP contribution in [0.5, 0.6) is 5.75 Å². The highest BCUT2D eigenvalue weighted by atomic mass is 16.5. The summed E-state index contributed by atoms with van der Waals surface area (Å²) < 4.78 is 11.3. The van der Waals surface area contributed by atoms with Crippen LogP contribution in [-0.4, -0.2) is 41.0 Å². The predicted octanol–water partition coefficient (Wildman–Crippen LogP) is 0.956. The van der Waals surface area contributed by atoms with Crippen molar-refractivity contribution in [1.82, 2.24) is 10.4 Å². The van der Waals surface area contributed by atoms with Crippen molar-refractivity contribution in [2.75, 3.05) is 0 Å². The summed E-state index contributed by atoms with van der Waals surface area (Å²) in [5.74, 6) is -1.64. The Bertz CT molecular complexity index is 721. The highest BCUT2D eigenvalue weighted by molar-refractivity contribution is 6.07. The fourth-order valence-electron chi connectivity index (χ4n) is 3.97. The summed E-state index contributed by atoms with van der Waals surface area (Å²) >= 11 is 0. The van der Waals surface area contributed by atoms with Crippen molar-refractivity contribution in [2.45, 2.75) is 45.0 Å². The third-order valence-corrected chi connectivity index (χ3v) is 5.18. The minimum absolute atomic E-state index is 0.200. The van der Waals surface area contributed by atoms with Crippen LogP contribution in [0.4, 0.5) is 0 Å². The van der Waals surface area contributed by atoms with E-state index in [-0.39, 0.29) is 24.0 Å². The van der Waals surface area contributed by atoms with Crippen molar-refractivity contribution in [3.8, 4) is 5.75 Å². The number of benzene rings is 1. The van der Waals surface area contributed by atoms with Gasteiger partial charge < -0.3 is 9.47 Å². The summed E-state index contributed by atoms with van der Waals surface area (Å²) in [5, 5.41) is 0.863. The third kappa shape index (κ3) is 2.59. The molecule has 7 heteroatoms. The molecule has 3 saturated heterocycles. The molecule has 25 heavy (non-hydrogen) atoms. The molecule has 7 nitrogen and oxygen atoms in total. The van der Waals surface area contributed by atoms with Gasteiger partial charge in [-0.05, 0) is 44.4 Å². The van der Waals surface area contributed by atoms with Crippen LogP contribution in [-0.2, 0) is 19.1 Å². The zero-order chi connectivity index (χ0) is 17.7. The number of carbonyl (C=O) groups excluding carboxylic acids is 3. The van der Waals surface area contributed by atoms with E-state index in [1.165, 1.54) is 0 Å². The number of nitrogens with one attached hydrogen (secondary N) is 1. The normalized spacial score (nSPS) is 31.2. The monoisotopic (exact) mass is 344 g/mol. The average molecular weight is 344 g/mol. The molecule has 3 fully saturated rings. The van der Waals surface area contributed by atoms with Crippen molar-refractivity contribution in [3.63, 3.8) is 0 Å². The average Bonchev–Trinajstić information content (AvgIpc) is 3.24. The van der Waals surface area contributed by atoms with Gasteiger partial charge in [-0.1, -0.05) is 12.1 Å². The highest BCUT2D eigenvalue weighted by Gasteiger charge is 2.63. The van der Waals surface area contributed by atoms with Gasteiger partial charge in [-0.15, -0.1) is 0 Å². The summed E-state index contributed by atoms with van der Waals surface area (Å²) in [5.41, 5.74) is 3.44. The smallest absolute Gasteiger partial charge is 0.279 e. The second-order valence-electron chi connectivity index (χ2n) is 6.91. The van der Waals surface area contributed by atoms with Crippen LogP contribution >= 0.6 is 0 Å². The van der Waals surface area contributed by atoms with E-state index < -0.39 is 23.8 Å². The lowest BCUT2D eigenvalue weighted by atomic mass is 9.81. The third-order valence-electron chi connectivity index (χ3n) is 5.18. The molecule has 0 radical (unpaired) electrons. The van der Waals surface area contributed by atoms with Gasteiger partial charge in [0, 0.05) is 0 Å². The fraction of sp³-hybridized carbons (Fsp3) is 0.500. The molecule has 0 unspecified atom stereocenters. The van der Waals surface area contributed by atoms with Crippen LogP contribution in [0.1, 0.15) is 25.3 Å². The van der Waals surface area contributed by atoms with E-state index in [9.17, 15) is 14.4 Å². The van der Waals surface area contributed by atoms with Crippen LogP contribution in [0.3, 0.4) is 0 Å². The molecule has 1 aromatic rings. The zero-order valence-corrected chi connectivity index (χ0v) is 14.1. The molecule has 3 aliphatic heterocycles. The van der Waals surface area contributed by atoms with E-state index in [1.807, 2.05) is 25.1 Å². The maximum atomic E-state index is 12.5. The Morgan fingerprint density at radius 1 is 1.24 bits per heavy atom. The van der Waals surface area contributed by atoms with E-state index in [0.717, 1.165) is 23.4 Å². The van der Waals surface area contributed by atoms with Crippen molar-refractivity contribution >= 4 is 17.7 Å². The number of rotatable bonds is 4. The van der Waals surface area contributed by atoms with E-state index in [1.54, 1.807) is 13.0 Å². The Labute approximate surface area is 145 Å². The van der Waals surface area contributed by atoms with E-state index in [0.29, 0.717) is 5.75 Å². The number of ether oxygens (including phenoxy) is 2.